The summed E-state index contributed by atoms with van der Waals surface area (Å²) in [7, 11) is 2.04. The summed E-state index contributed by atoms with van der Waals surface area (Å²) in [5.74, 6) is 0.489. The summed E-state index contributed by atoms with van der Waals surface area (Å²) in [4.78, 5) is 13.1. The molecule has 1 aliphatic rings. The molecule has 1 unspecified atom stereocenters. The van der Waals surface area contributed by atoms with Crippen LogP contribution in [0, 0.1) is 5.92 Å². The number of rotatable bonds is 5. The number of hydrogen-bond acceptors (Lipinski definition) is 3. The Kier molecular flexibility index (Phi) is 5.22. The van der Waals surface area contributed by atoms with E-state index in [1.807, 2.05) is 7.05 Å². The third-order valence-corrected chi connectivity index (χ3v) is 3.87. The highest BCUT2D eigenvalue weighted by atomic mass is 16.1. The molecule has 0 bridgehead atoms. The first-order valence-corrected chi connectivity index (χ1v) is 6.29. The molecule has 4 heteroatoms. The molecular formula is C12H25N3O. The molecule has 94 valence electrons. The van der Waals surface area contributed by atoms with E-state index >= 15 is 0 Å². The molecule has 1 aliphatic carbocycles. The summed E-state index contributed by atoms with van der Waals surface area (Å²) in [6.45, 7) is 2.84. The van der Waals surface area contributed by atoms with E-state index in [4.69, 9.17) is 11.5 Å². The lowest BCUT2D eigenvalue weighted by atomic mass is 9.84. The summed E-state index contributed by atoms with van der Waals surface area (Å²) in [6, 6.07) is 0.0436. The summed E-state index contributed by atoms with van der Waals surface area (Å²) >= 11 is 0. The average Bonchev–Trinajstić information content (AvgIpc) is 2.28. The smallest absolute Gasteiger partial charge is 0.235 e. The van der Waals surface area contributed by atoms with Gasteiger partial charge in [0.2, 0.25) is 5.91 Å². The van der Waals surface area contributed by atoms with Crippen molar-refractivity contribution in [3.05, 3.63) is 0 Å². The van der Waals surface area contributed by atoms with E-state index in [-0.39, 0.29) is 0 Å². The Morgan fingerprint density at radius 1 is 1.38 bits per heavy atom. The molecular weight excluding hydrogens is 202 g/mol. The minimum Gasteiger partial charge on any atom is -0.368 e. The maximum atomic E-state index is 10.9. The van der Waals surface area contributed by atoms with Crippen molar-refractivity contribution in [2.45, 2.75) is 51.1 Å². The Balaban J connectivity index is 2.33. The van der Waals surface area contributed by atoms with Crippen molar-refractivity contribution in [2.75, 3.05) is 13.6 Å². The molecule has 1 fully saturated rings. The molecule has 0 spiro atoms. The second kappa shape index (κ2) is 6.21. The van der Waals surface area contributed by atoms with Gasteiger partial charge in [-0.15, -0.1) is 0 Å². The SMILES string of the molecule is CCC1CCC(N(C)CC(N)C(N)=O)CC1. The van der Waals surface area contributed by atoms with Gasteiger partial charge in [-0.05, 0) is 38.6 Å². The molecule has 1 saturated carbocycles. The van der Waals surface area contributed by atoms with Gasteiger partial charge in [-0.25, -0.2) is 0 Å². The number of primary amides is 1. The van der Waals surface area contributed by atoms with Crippen molar-refractivity contribution in [3.63, 3.8) is 0 Å². The molecule has 0 aliphatic heterocycles. The minimum atomic E-state index is -0.533. The third-order valence-electron chi connectivity index (χ3n) is 3.87. The highest BCUT2D eigenvalue weighted by Crippen LogP contribution is 2.28. The van der Waals surface area contributed by atoms with Gasteiger partial charge in [-0.3, -0.25) is 4.79 Å². The summed E-state index contributed by atoms with van der Waals surface area (Å²) in [5, 5.41) is 0. The number of nitrogens with zero attached hydrogens (tertiary/aromatic N) is 1. The first-order chi connectivity index (χ1) is 7.54. The van der Waals surface area contributed by atoms with E-state index < -0.39 is 11.9 Å². The standard InChI is InChI=1S/C12H25N3O/c1-3-9-4-6-10(7-5-9)15(2)8-11(13)12(14)16/h9-11H,3-8,13H2,1-2H3,(H2,14,16). The van der Waals surface area contributed by atoms with Crippen molar-refractivity contribution >= 4 is 5.91 Å². The molecule has 4 N–H and O–H groups in total. The van der Waals surface area contributed by atoms with Crippen LogP contribution in [0.25, 0.3) is 0 Å². The van der Waals surface area contributed by atoms with Crippen LogP contribution in [0.1, 0.15) is 39.0 Å². The van der Waals surface area contributed by atoms with E-state index in [1.54, 1.807) is 0 Å². The Labute approximate surface area is 98.3 Å². The number of amides is 1. The highest BCUT2D eigenvalue weighted by Gasteiger charge is 2.24. The number of likely N-dealkylation sites (N-methyl/N-ethyl adjacent to an activating group) is 1. The minimum absolute atomic E-state index is 0.408. The summed E-state index contributed by atoms with van der Waals surface area (Å²) in [6.07, 6.45) is 6.34. The van der Waals surface area contributed by atoms with Gasteiger partial charge in [0.15, 0.2) is 0 Å². The largest absolute Gasteiger partial charge is 0.368 e. The lowest BCUT2D eigenvalue weighted by Gasteiger charge is -2.35. The van der Waals surface area contributed by atoms with Crippen LogP contribution in [0.3, 0.4) is 0 Å². The van der Waals surface area contributed by atoms with Gasteiger partial charge in [0.25, 0.3) is 0 Å². The fourth-order valence-electron chi connectivity index (χ4n) is 2.54. The molecule has 1 rings (SSSR count). The van der Waals surface area contributed by atoms with Crippen molar-refractivity contribution in [1.82, 2.24) is 4.90 Å². The zero-order valence-corrected chi connectivity index (χ0v) is 10.5. The van der Waals surface area contributed by atoms with Gasteiger partial charge in [0.1, 0.15) is 0 Å². The van der Waals surface area contributed by atoms with Crippen LogP contribution in [0.2, 0.25) is 0 Å². The molecule has 16 heavy (non-hydrogen) atoms. The zero-order chi connectivity index (χ0) is 12.1. The van der Waals surface area contributed by atoms with Crippen LogP contribution < -0.4 is 11.5 Å². The molecule has 0 radical (unpaired) electrons. The molecule has 4 nitrogen and oxygen atoms in total. The van der Waals surface area contributed by atoms with Gasteiger partial charge in [0, 0.05) is 12.6 Å². The maximum absolute atomic E-state index is 10.9. The lowest BCUT2D eigenvalue weighted by Crippen LogP contribution is -2.48. The molecule has 1 amide bonds. The maximum Gasteiger partial charge on any atom is 0.235 e. The molecule has 0 heterocycles. The molecule has 1 atom stereocenters. The number of nitrogens with two attached hydrogens (primary N) is 2. The van der Waals surface area contributed by atoms with Crippen LogP contribution in [0.5, 0.6) is 0 Å². The van der Waals surface area contributed by atoms with Crippen LogP contribution >= 0.6 is 0 Å². The number of carbonyl (C=O) groups excluding carboxylic acids is 1. The van der Waals surface area contributed by atoms with E-state index in [0.29, 0.717) is 12.6 Å². The summed E-state index contributed by atoms with van der Waals surface area (Å²) in [5.41, 5.74) is 10.8. The first kappa shape index (κ1) is 13.5. The quantitative estimate of drug-likeness (QED) is 0.726. The van der Waals surface area contributed by atoms with Crippen LogP contribution in [-0.4, -0.2) is 36.5 Å². The van der Waals surface area contributed by atoms with Crippen molar-refractivity contribution in [2.24, 2.45) is 17.4 Å². The second-order valence-electron chi connectivity index (χ2n) is 5.03. The third kappa shape index (κ3) is 3.76. The Morgan fingerprint density at radius 2 is 1.94 bits per heavy atom. The Bertz CT molecular complexity index is 224. The predicted molar refractivity (Wildman–Crippen MR) is 65.8 cm³/mol. The van der Waals surface area contributed by atoms with Crippen LogP contribution in [0.4, 0.5) is 0 Å². The second-order valence-corrected chi connectivity index (χ2v) is 5.03. The van der Waals surface area contributed by atoms with E-state index in [2.05, 4.69) is 11.8 Å². The number of hydrogen-bond donors (Lipinski definition) is 2. The van der Waals surface area contributed by atoms with Gasteiger partial charge in [-0.1, -0.05) is 13.3 Å². The monoisotopic (exact) mass is 227 g/mol. The lowest BCUT2D eigenvalue weighted by molar-refractivity contribution is -0.119. The van der Waals surface area contributed by atoms with E-state index in [1.165, 1.54) is 32.1 Å². The molecule has 0 aromatic carbocycles. The van der Waals surface area contributed by atoms with E-state index in [9.17, 15) is 4.79 Å². The summed E-state index contributed by atoms with van der Waals surface area (Å²) < 4.78 is 0. The van der Waals surface area contributed by atoms with Crippen LogP contribution in [0.15, 0.2) is 0 Å². The van der Waals surface area contributed by atoms with Gasteiger partial charge in [-0.2, -0.15) is 0 Å². The average molecular weight is 227 g/mol. The van der Waals surface area contributed by atoms with Gasteiger partial charge in [0.05, 0.1) is 6.04 Å². The molecule has 0 saturated heterocycles. The normalized spacial score (nSPS) is 28.0. The predicted octanol–water partition coefficient (Wildman–Crippen LogP) is 0.700. The molecule has 0 aromatic heterocycles. The van der Waals surface area contributed by atoms with Gasteiger partial charge < -0.3 is 16.4 Å². The van der Waals surface area contributed by atoms with Crippen molar-refractivity contribution in [3.8, 4) is 0 Å². The topological polar surface area (TPSA) is 72.3 Å². The van der Waals surface area contributed by atoms with Crippen LogP contribution in [-0.2, 0) is 4.79 Å². The fraction of sp³-hybridized carbons (Fsp3) is 0.917. The zero-order valence-electron chi connectivity index (χ0n) is 10.5. The Hall–Kier alpha value is -0.610. The van der Waals surface area contributed by atoms with Gasteiger partial charge >= 0.3 is 0 Å². The fourth-order valence-corrected chi connectivity index (χ4v) is 2.54. The highest BCUT2D eigenvalue weighted by molar-refractivity contribution is 5.79. The Morgan fingerprint density at radius 3 is 2.38 bits per heavy atom. The van der Waals surface area contributed by atoms with E-state index in [0.717, 1.165) is 5.92 Å². The first-order valence-electron chi connectivity index (χ1n) is 6.29. The van der Waals surface area contributed by atoms with Crippen molar-refractivity contribution in [1.29, 1.82) is 0 Å². The van der Waals surface area contributed by atoms with Crippen molar-refractivity contribution < 1.29 is 4.79 Å². The molecule has 0 aromatic rings. The number of carbonyl (C=O) groups is 1.